The molecular weight excluding hydrogens is 258 g/mol. The third-order valence-corrected chi connectivity index (χ3v) is 2.99. The van der Waals surface area contributed by atoms with Crippen LogP contribution in [0.3, 0.4) is 0 Å². The van der Waals surface area contributed by atoms with Crippen LogP contribution in [-0.4, -0.2) is 33.3 Å². The van der Waals surface area contributed by atoms with Crippen LogP contribution in [0.25, 0.3) is 0 Å². The Morgan fingerprint density at radius 3 is 2.50 bits per heavy atom. The number of hydrogen-bond acceptors (Lipinski definition) is 3. The van der Waals surface area contributed by atoms with Gasteiger partial charge < -0.3 is 10.4 Å². The van der Waals surface area contributed by atoms with Crippen molar-refractivity contribution in [1.29, 1.82) is 0 Å². The van der Waals surface area contributed by atoms with Gasteiger partial charge in [0, 0.05) is 18.7 Å². The average Bonchev–Trinajstić information content (AvgIpc) is 2.69. The van der Waals surface area contributed by atoms with Crippen molar-refractivity contribution in [2.24, 2.45) is 0 Å². The molecule has 0 unspecified atom stereocenters. The van der Waals surface area contributed by atoms with Gasteiger partial charge in [0.1, 0.15) is 0 Å². The zero-order valence-corrected chi connectivity index (χ0v) is 12.6. The second-order valence-corrected chi connectivity index (χ2v) is 5.83. The van der Waals surface area contributed by atoms with Crippen molar-refractivity contribution >= 4 is 11.9 Å². The van der Waals surface area contributed by atoms with Crippen molar-refractivity contribution in [1.82, 2.24) is 15.1 Å². The van der Waals surface area contributed by atoms with Crippen molar-refractivity contribution in [2.45, 2.75) is 52.5 Å². The summed E-state index contributed by atoms with van der Waals surface area (Å²) < 4.78 is 1.83. The summed E-state index contributed by atoms with van der Waals surface area (Å²) in [7, 11) is 0. The fourth-order valence-corrected chi connectivity index (χ4v) is 2.01. The van der Waals surface area contributed by atoms with Gasteiger partial charge in [-0.15, -0.1) is 0 Å². The fourth-order valence-electron chi connectivity index (χ4n) is 2.01. The van der Waals surface area contributed by atoms with E-state index in [1.165, 1.54) is 0 Å². The van der Waals surface area contributed by atoms with E-state index in [2.05, 4.69) is 10.4 Å². The topological polar surface area (TPSA) is 84.2 Å². The van der Waals surface area contributed by atoms with Gasteiger partial charge in [0.15, 0.2) is 0 Å². The standard InChI is InChI=1S/C14H23N3O3/c1-10-11(9-16-17(10)14(2,3)4)13(20)15-8-6-5-7-12(18)19/h9H,5-8H2,1-4H3,(H,15,20)(H,18,19). The lowest BCUT2D eigenvalue weighted by atomic mass is 10.1. The van der Waals surface area contributed by atoms with Crippen LogP contribution in [0.15, 0.2) is 6.20 Å². The quantitative estimate of drug-likeness (QED) is 0.780. The molecule has 2 N–H and O–H groups in total. The molecule has 1 heterocycles. The van der Waals surface area contributed by atoms with Crippen molar-refractivity contribution in [3.8, 4) is 0 Å². The van der Waals surface area contributed by atoms with Gasteiger partial charge in [-0.05, 0) is 40.5 Å². The summed E-state index contributed by atoms with van der Waals surface area (Å²) in [6.07, 6.45) is 2.93. The number of unbranched alkanes of at least 4 members (excludes halogenated alkanes) is 1. The van der Waals surface area contributed by atoms with Crippen LogP contribution in [0.2, 0.25) is 0 Å². The zero-order valence-electron chi connectivity index (χ0n) is 12.6. The lowest BCUT2D eigenvalue weighted by Gasteiger charge is -2.21. The molecule has 0 bridgehead atoms. The van der Waals surface area contributed by atoms with Gasteiger partial charge in [-0.1, -0.05) is 0 Å². The summed E-state index contributed by atoms with van der Waals surface area (Å²) in [5.74, 6) is -0.966. The maximum atomic E-state index is 12.0. The number of hydrogen-bond donors (Lipinski definition) is 2. The van der Waals surface area contributed by atoms with Gasteiger partial charge in [0.2, 0.25) is 0 Å². The van der Waals surface area contributed by atoms with Crippen LogP contribution < -0.4 is 5.32 Å². The summed E-state index contributed by atoms with van der Waals surface area (Å²) in [5.41, 5.74) is 1.24. The Hall–Kier alpha value is -1.85. The van der Waals surface area contributed by atoms with E-state index in [1.54, 1.807) is 6.20 Å². The summed E-state index contributed by atoms with van der Waals surface area (Å²) in [6.45, 7) is 8.44. The molecule has 0 saturated carbocycles. The van der Waals surface area contributed by atoms with Crippen LogP contribution in [0, 0.1) is 6.92 Å². The zero-order chi connectivity index (χ0) is 15.3. The number of carbonyl (C=O) groups is 2. The molecule has 112 valence electrons. The lowest BCUT2D eigenvalue weighted by molar-refractivity contribution is -0.137. The maximum absolute atomic E-state index is 12.0. The molecule has 1 aromatic heterocycles. The minimum absolute atomic E-state index is 0.136. The largest absolute Gasteiger partial charge is 0.481 e. The van der Waals surface area contributed by atoms with Crippen molar-refractivity contribution in [3.05, 3.63) is 17.5 Å². The minimum atomic E-state index is -0.807. The van der Waals surface area contributed by atoms with E-state index in [0.717, 1.165) is 5.69 Å². The first kappa shape index (κ1) is 16.2. The second-order valence-electron chi connectivity index (χ2n) is 5.83. The molecule has 0 aliphatic carbocycles. The number of amides is 1. The van der Waals surface area contributed by atoms with E-state index in [-0.39, 0.29) is 17.9 Å². The molecule has 6 heteroatoms. The van der Waals surface area contributed by atoms with E-state index in [0.29, 0.717) is 24.9 Å². The Bertz CT molecular complexity index is 486. The van der Waals surface area contributed by atoms with Crippen LogP contribution in [0.5, 0.6) is 0 Å². The van der Waals surface area contributed by atoms with Crippen LogP contribution in [0.1, 0.15) is 56.1 Å². The van der Waals surface area contributed by atoms with Crippen molar-refractivity contribution in [3.63, 3.8) is 0 Å². The van der Waals surface area contributed by atoms with E-state index in [9.17, 15) is 9.59 Å². The molecule has 0 aliphatic heterocycles. The summed E-state index contributed by atoms with van der Waals surface area (Å²) in [5, 5.41) is 15.6. The Morgan fingerprint density at radius 2 is 2.00 bits per heavy atom. The minimum Gasteiger partial charge on any atom is -0.481 e. The van der Waals surface area contributed by atoms with Crippen LogP contribution >= 0.6 is 0 Å². The number of aromatic nitrogens is 2. The number of carbonyl (C=O) groups excluding carboxylic acids is 1. The van der Waals surface area contributed by atoms with Crippen molar-refractivity contribution in [2.75, 3.05) is 6.54 Å². The molecule has 6 nitrogen and oxygen atoms in total. The Balaban J connectivity index is 2.53. The number of aliphatic carboxylic acids is 1. The first-order chi connectivity index (χ1) is 9.23. The monoisotopic (exact) mass is 281 g/mol. The van der Waals surface area contributed by atoms with Gasteiger partial charge >= 0.3 is 5.97 Å². The molecule has 0 fully saturated rings. The van der Waals surface area contributed by atoms with Gasteiger partial charge in [-0.25, -0.2) is 0 Å². The Kier molecular flexibility index (Phi) is 5.30. The molecule has 1 rings (SSSR count). The summed E-state index contributed by atoms with van der Waals surface area (Å²) in [6, 6.07) is 0. The molecule has 0 saturated heterocycles. The van der Waals surface area contributed by atoms with E-state index in [1.807, 2.05) is 32.4 Å². The molecule has 1 aromatic rings. The average molecular weight is 281 g/mol. The fraction of sp³-hybridized carbons (Fsp3) is 0.643. The first-order valence-corrected chi connectivity index (χ1v) is 6.78. The van der Waals surface area contributed by atoms with E-state index < -0.39 is 5.97 Å². The third kappa shape index (κ3) is 4.36. The highest BCUT2D eigenvalue weighted by atomic mass is 16.4. The summed E-state index contributed by atoms with van der Waals surface area (Å²) >= 11 is 0. The summed E-state index contributed by atoms with van der Waals surface area (Å²) in [4.78, 5) is 22.4. The van der Waals surface area contributed by atoms with Crippen LogP contribution in [-0.2, 0) is 10.3 Å². The molecule has 0 spiro atoms. The Morgan fingerprint density at radius 1 is 1.35 bits per heavy atom. The molecule has 20 heavy (non-hydrogen) atoms. The smallest absolute Gasteiger partial charge is 0.303 e. The first-order valence-electron chi connectivity index (χ1n) is 6.78. The number of carboxylic acid groups (broad SMARTS) is 1. The van der Waals surface area contributed by atoms with E-state index in [4.69, 9.17) is 5.11 Å². The molecule has 0 aliphatic rings. The third-order valence-electron chi connectivity index (χ3n) is 2.99. The van der Waals surface area contributed by atoms with Gasteiger partial charge in [0.25, 0.3) is 5.91 Å². The highest BCUT2D eigenvalue weighted by molar-refractivity contribution is 5.95. The molecule has 0 aromatic carbocycles. The molecule has 0 atom stereocenters. The predicted molar refractivity (Wildman–Crippen MR) is 75.8 cm³/mol. The SMILES string of the molecule is Cc1c(C(=O)NCCCCC(=O)O)cnn1C(C)(C)C. The number of nitrogens with one attached hydrogen (secondary N) is 1. The van der Waals surface area contributed by atoms with Crippen LogP contribution in [0.4, 0.5) is 0 Å². The molecule has 1 amide bonds. The van der Waals surface area contributed by atoms with Gasteiger partial charge in [-0.2, -0.15) is 5.10 Å². The second kappa shape index (κ2) is 6.54. The highest BCUT2D eigenvalue weighted by Gasteiger charge is 2.21. The number of carboxylic acids is 1. The predicted octanol–water partition coefficient (Wildman–Crippen LogP) is 1.93. The van der Waals surface area contributed by atoms with Gasteiger partial charge in [0.05, 0.1) is 17.3 Å². The molecule has 0 radical (unpaired) electrons. The normalized spacial score (nSPS) is 11.4. The highest BCUT2D eigenvalue weighted by Crippen LogP contribution is 2.18. The lowest BCUT2D eigenvalue weighted by Crippen LogP contribution is -2.27. The molecular formula is C14H23N3O3. The number of nitrogens with zero attached hydrogens (tertiary/aromatic N) is 2. The number of rotatable bonds is 6. The van der Waals surface area contributed by atoms with Gasteiger partial charge in [-0.3, -0.25) is 14.3 Å². The Labute approximate surface area is 119 Å². The van der Waals surface area contributed by atoms with E-state index >= 15 is 0 Å². The van der Waals surface area contributed by atoms with Crippen molar-refractivity contribution < 1.29 is 14.7 Å². The maximum Gasteiger partial charge on any atom is 0.303 e.